The number of ether oxygens (including phenoxy) is 1. The molecule has 0 saturated heterocycles. The monoisotopic (exact) mass is 797 g/mol. The number of aryl methyl sites for hydroxylation is 3. The number of rotatable bonds is 6. The van der Waals surface area contributed by atoms with E-state index < -0.39 is 0 Å². The van der Waals surface area contributed by atoms with Gasteiger partial charge in [0.15, 0.2) is 0 Å². The molecule has 6 heteroatoms. The second-order valence-corrected chi connectivity index (χ2v) is 13.1. The quantitative estimate of drug-likeness (QED) is 0.158. The van der Waals surface area contributed by atoms with Crippen molar-refractivity contribution in [3.8, 4) is 34.1 Å². The second-order valence-electron chi connectivity index (χ2n) is 13.1. The standard InChI is InChI=1S/C41H38N4O.Pt/c1-8-29-21-32(45-28(4)40(27(3)43-45)30-12-10-9-11-13-30)24-34(22-29)46-33-15-16-35-36-23-31(41(5,6)7)14-17-37(36)44(38(35)25-33)39-20-26(2)18-19-42-39;/h9-23H,8H2,1-7H3;/q-2;+2. The molecule has 238 valence electrons. The molecule has 0 aliphatic rings. The first kappa shape index (κ1) is 32.5. The van der Waals surface area contributed by atoms with Gasteiger partial charge in [0.25, 0.3) is 0 Å². The van der Waals surface area contributed by atoms with Gasteiger partial charge < -0.3 is 9.30 Å². The van der Waals surface area contributed by atoms with E-state index in [1.54, 1.807) is 0 Å². The molecule has 0 aliphatic heterocycles. The van der Waals surface area contributed by atoms with E-state index >= 15 is 0 Å². The van der Waals surface area contributed by atoms with Crippen LogP contribution in [0.1, 0.15) is 55.8 Å². The predicted octanol–water partition coefficient (Wildman–Crippen LogP) is 10.2. The maximum atomic E-state index is 6.56. The van der Waals surface area contributed by atoms with E-state index in [0.29, 0.717) is 11.5 Å². The van der Waals surface area contributed by atoms with Crippen molar-refractivity contribution in [1.82, 2.24) is 19.3 Å². The van der Waals surface area contributed by atoms with Crippen molar-refractivity contribution in [3.63, 3.8) is 0 Å². The Morgan fingerprint density at radius 3 is 2.32 bits per heavy atom. The van der Waals surface area contributed by atoms with Gasteiger partial charge in [0.2, 0.25) is 0 Å². The van der Waals surface area contributed by atoms with Gasteiger partial charge in [-0.3, -0.25) is 4.68 Å². The van der Waals surface area contributed by atoms with Crippen molar-refractivity contribution in [2.24, 2.45) is 0 Å². The molecule has 0 spiro atoms. The Balaban J connectivity index is 0.00000386. The van der Waals surface area contributed by atoms with Gasteiger partial charge in [0.05, 0.1) is 5.69 Å². The van der Waals surface area contributed by atoms with Crippen LogP contribution in [0.4, 0.5) is 0 Å². The normalized spacial score (nSPS) is 11.6. The molecule has 0 aliphatic carbocycles. The summed E-state index contributed by atoms with van der Waals surface area (Å²) in [5.74, 6) is 2.11. The Hall–Kier alpha value is -4.47. The molecule has 7 aromatic rings. The van der Waals surface area contributed by atoms with E-state index in [9.17, 15) is 0 Å². The minimum atomic E-state index is 0. The molecule has 5 nitrogen and oxygen atoms in total. The molecule has 0 atom stereocenters. The van der Waals surface area contributed by atoms with E-state index in [2.05, 4.69) is 132 Å². The zero-order chi connectivity index (χ0) is 32.2. The summed E-state index contributed by atoms with van der Waals surface area (Å²) in [5.41, 5.74) is 10.8. The summed E-state index contributed by atoms with van der Waals surface area (Å²) in [6.07, 6.45) is 2.72. The Bertz CT molecular complexity index is 2240. The molecule has 3 heterocycles. The van der Waals surface area contributed by atoms with Crippen molar-refractivity contribution < 1.29 is 25.8 Å². The molecule has 4 aromatic carbocycles. The fourth-order valence-corrected chi connectivity index (χ4v) is 6.31. The Morgan fingerprint density at radius 1 is 0.809 bits per heavy atom. The second kappa shape index (κ2) is 12.6. The van der Waals surface area contributed by atoms with Gasteiger partial charge in [-0.1, -0.05) is 82.1 Å². The van der Waals surface area contributed by atoms with Gasteiger partial charge in [0, 0.05) is 34.5 Å². The molecule has 7 rings (SSSR count). The number of hydrogen-bond donors (Lipinski definition) is 0. The summed E-state index contributed by atoms with van der Waals surface area (Å²) in [6.45, 7) is 15.2. The third-order valence-corrected chi connectivity index (χ3v) is 8.75. The average Bonchev–Trinajstić information content (AvgIpc) is 3.53. The Labute approximate surface area is 291 Å². The molecule has 0 unspecified atom stereocenters. The molecular formula is C41H38N4OPt. The van der Waals surface area contributed by atoms with Gasteiger partial charge in [-0.2, -0.15) is 16.7 Å². The molecule has 0 saturated carbocycles. The van der Waals surface area contributed by atoms with E-state index in [1.807, 2.05) is 29.1 Å². The summed E-state index contributed by atoms with van der Waals surface area (Å²) in [7, 11) is 0. The van der Waals surface area contributed by atoms with Crippen molar-refractivity contribution in [2.75, 3.05) is 0 Å². The van der Waals surface area contributed by atoms with Crippen molar-refractivity contribution in [1.29, 1.82) is 0 Å². The summed E-state index contributed by atoms with van der Waals surface area (Å²) in [5, 5.41) is 7.22. The van der Waals surface area contributed by atoms with Crippen LogP contribution in [0.5, 0.6) is 11.5 Å². The van der Waals surface area contributed by atoms with Crippen LogP contribution in [0.25, 0.3) is 44.4 Å². The summed E-state index contributed by atoms with van der Waals surface area (Å²) < 4.78 is 10.7. The van der Waals surface area contributed by atoms with Crippen LogP contribution in [0.2, 0.25) is 0 Å². The number of nitrogens with zero attached hydrogens (tertiary/aromatic N) is 4. The van der Waals surface area contributed by atoms with E-state index in [1.165, 1.54) is 10.9 Å². The van der Waals surface area contributed by atoms with Crippen molar-refractivity contribution >= 4 is 21.8 Å². The summed E-state index contributed by atoms with van der Waals surface area (Å²) in [4.78, 5) is 4.76. The predicted molar refractivity (Wildman–Crippen MR) is 188 cm³/mol. The Morgan fingerprint density at radius 2 is 1.60 bits per heavy atom. The summed E-state index contributed by atoms with van der Waals surface area (Å²) >= 11 is 0. The number of hydrogen-bond acceptors (Lipinski definition) is 3. The molecule has 0 bridgehead atoms. The summed E-state index contributed by atoms with van der Waals surface area (Å²) in [6, 6.07) is 36.7. The maximum Gasteiger partial charge on any atom is 2.00 e. The fraction of sp³-hybridized carbons (Fsp3) is 0.220. The van der Waals surface area contributed by atoms with Crippen molar-refractivity contribution in [3.05, 3.63) is 131 Å². The van der Waals surface area contributed by atoms with E-state index in [-0.39, 0.29) is 26.5 Å². The van der Waals surface area contributed by atoms with Gasteiger partial charge in [-0.15, -0.1) is 35.7 Å². The largest absolute Gasteiger partial charge is 2.00 e. The minimum absolute atomic E-state index is 0. The number of aromatic nitrogens is 4. The van der Waals surface area contributed by atoms with Gasteiger partial charge in [0.1, 0.15) is 5.82 Å². The molecular weight excluding hydrogens is 760 g/mol. The third kappa shape index (κ3) is 6.05. The smallest absolute Gasteiger partial charge is 0.509 e. The average molecular weight is 798 g/mol. The van der Waals surface area contributed by atoms with Crippen molar-refractivity contribution in [2.45, 2.75) is 60.3 Å². The first-order valence-corrected chi connectivity index (χ1v) is 15.9. The van der Waals surface area contributed by atoms with Crippen LogP contribution in [-0.4, -0.2) is 19.3 Å². The molecule has 0 radical (unpaired) electrons. The molecule has 3 aromatic heterocycles. The number of benzene rings is 4. The Kier molecular flexibility index (Phi) is 8.72. The topological polar surface area (TPSA) is 44.9 Å². The first-order valence-electron chi connectivity index (χ1n) is 15.9. The van der Waals surface area contributed by atoms with Crippen LogP contribution < -0.4 is 4.74 Å². The fourth-order valence-electron chi connectivity index (χ4n) is 6.31. The van der Waals surface area contributed by atoms with Crippen LogP contribution in [-0.2, 0) is 32.9 Å². The first-order chi connectivity index (χ1) is 22.1. The van der Waals surface area contributed by atoms with E-state index in [0.717, 1.165) is 68.0 Å². The van der Waals surface area contributed by atoms with Gasteiger partial charge in [-0.05, 0) is 72.1 Å². The molecule has 47 heavy (non-hydrogen) atoms. The number of pyridine rings is 1. The molecule has 0 N–H and O–H groups in total. The third-order valence-electron chi connectivity index (χ3n) is 8.75. The zero-order valence-electron chi connectivity index (χ0n) is 27.9. The van der Waals surface area contributed by atoms with Crippen LogP contribution >= 0.6 is 0 Å². The van der Waals surface area contributed by atoms with Crippen LogP contribution in [0.3, 0.4) is 0 Å². The number of fused-ring (bicyclic) bond motifs is 3. The molecule has 0 fully saturated rings. The van der Waals surface area contributed by atoms with Crippen LogP contribution in [0, 0.1) is 32.9 Å². The van der Waals surface area contributed by atoms with E-state index in [4.69, 9.17) is 14.8 Å². The minimum Gasteiger partial charge on any atom is -0.509 e. The molecule has 0 amide bonds. The zero-order valence-corrected chi connectivity index (χ0v) is 30.2. The SMILES string of the molecule is CCc1cc(Oc2[c-]c3c(cc2)c2cc(C(C)(C)C)ccc2n3-c2cc(C)ccn2)[c-]c(-n2nc(C)c(-c3ccccc3)c2C)c1.[Pt+2]. The van der Waals surface area contributed by atoms with Gasteiger partial charge >= 0.3 is 21.1 Å². The van der Waals surface area contributed by atoms with Gasteiger partial charge in [-0.25, -0.2) is 4.98 Å². The van der Waals surface area contributed by atoms with Crippen LogP contribution in [0.15, 0.2) is 91.1 Å². The maximum absolute atomic E-state index is 6.56.